The van der Waals surface area contributed by atoms with Gasteiger partial charge in [0, 0.05) is 0 Å². The van der Waals surface area contributed by atoms with E-state index in [0.29, 0.717) is 5.92 Å². The molecule has 2 nitrogen and oxygen atoms in total. The van der Waals surface area contributed by atoms with Gasteiger partial charge in [0.25, 0.3) is 0 Å². The molecule has 1 rings (SSSR count). The molecule has 0 spiro atoms. The van der Waals surface area contributed by atoms with Gasteiger partial charge in [0.2, 0.25) is 0 Å². The maximum atomic E-state index is 13.3. The van der Waals surface area contributed by atoms with E-state index in [1.165, 1.54) is 25.7 Å². The molecule has 136 valence electrons. The van der Waals surface area contributed by atoms with E-state index >= 15 is 0 Å². The third kappa shape index (κ3) is 4.73. The lowest BCUT2D eigenvalue weighted by Crippen LogP contribution is -2.48. The minimum Gasteiger partial charge on any atom is -0.459 e. The first kappa shape index (κ1) is 20.5. The summed E-state index contributed by atoms with van der Waals surface area (Å²) in [5.74, 6) is 0.498. The van der Waals surface area contributed by atoms with Gasteiger partial charge in [-0.05, 0) is 56.8 Å². The fourth-order valence-electron chi connectivity index (χ4n) is 3.78. The van der Waals surface area contributed by atoms with Crippen LogP contribution in [0.4, 0.5) is 0 Å². The fraction of sp³-hybridized carbons (Fsp3) is 0.952. The number of ether oxygens (including phenoxy) is 1. The van der Waals surface area contributed by atoms with Gasteiger partial charge >= 0.3 is 5.97 Å². The van der Waals surface area contributed by atoms with Crippen LogP contribution in [0.15, 0.2) is 0 Å². The van der Waals surface area contributed by atoms with Crippen LogP contribution < -0.4 is 0 Å². The van der Waals surface area contributed by atoms with Gasteiger partial charge in [-0.1, -0.05) is 60.8 Å². The van der Waals surface area contributed by atoms with Gasteiger partial charge in [0.05, 0.1) is 5.41 Å². The van der Waals surface area contributed by atoms with Crippen LogP contribution in [0.5, 0.6) is 0 Å². The standard InChI is InChI=1S/C21H40O2/c1-10-19(5,6)15-21(9,18(2,3)4)17(22)23-20(7,8)16-13-11-12-14-16/h16H,10-15H2,1-9H3. The Balaban J connectivity index is 3.01. The summed E-state index contributed by atoms with van der Waals surface area (Å²) < 4.78 is 6.16. The average molecular weight is 325 g/mol. The number of hydrogen-bond donors (Lipinski definition) is 0. The Kier molecular flexibility index (Phi) is 6.03. The third-order valence-electron chi connectivity index (χ3n) is 6.59. The maximum Gasteiger partial charge on any atom is 0.312 e. The second-order valence-electron chi connectivity index (χ2n) is 10.3. The van der Waals surface area contributed by atoms with Crippen LogP contribution in [0.1, 0.15) is 101 Å². The fourth-order valence-corrected chi connectivity index (χ4v) is 3.78. The lowest BCUT2D eigenvalue weighted by Gasteiger charge is -2.46. The highest BCUT2D eigenvalue weighted by Gasteiger charge is 2.50. The molecule has 0 bridgehead atoms. The van der Waals surface area contributed by atoms with Crippen molar-refractivity contribution in [2.75, 3.05) is 0 Å². The van der Waals surface area contributed by atoms with Crippen molar-refractivity contribution in [3.63, 3.8) is 0 Å². The van der Waals surface area contributed by atoms with Gasteiger partial charge in [-0.25, -0.2) is 0 Å². The summed E-state index contributed by atoms with van der Waals surface area (Å²) in [6.45, 7) is 19.5. The van der Waals surface area contributed by atoms with E-state index in [1.54, 1.807) is 0 Å². The SMILES string of the molecule is CCC(C)(C)CC(C)(C(=O)OC(C)(C)C1CCCC1)C(C)(C)C. The molecule has 1 aliphatic rings. The van der Waals surface area contributed by atoms with E-state index in [2.05, 4.69) is 62.3 Å². The second kappa shape index (κ2) is 6.76. The van der Waals surface area contributed by atoms with Gasteiger partial charge in [0.15, 0.2) is 0 Å². The van der Waals surface area contributed by atoms with Crippen molar-refractivity contribution in [3.05, 3.63) is 0 Å². The monoisotopic (exact) mass is 324 g/mol. The van der Waals surface area contributed by atoms with Crippen molar-refractivity contribution >= 4 is 5.97 Å². The first-order chi connectivity index (χ1) is 10.3. The molecular weight excluding hydrogens is 284 g/mol. The van der Waals surface area contributed by atoms with E-state index in [-0.39, 0.29) is 22.4 Å². The summed E-state index contributed by atoms with van der Waals surface area (Å²) in [4.78, 5) is 13.3. The van der Waals surface area contributed by atoms with Gasteiger partial charge in [-0.15, -0.1) is 0 Å². The molecule has 1 saturated carbocycles. The Morgan fingerprint density at radius 2 is 1.43 bits per heavy atom. The molecule has 0 saturated heterocycles. The molecule has 0 amide bonds. The largest absolute Gasteiger partial charge is 0.459 e. The molecule has 1 atom stereocenters. The predicted molar refractivity (Wildman–Crippen MR) is 98.4 cm³/mol. The number of rotatable bonds is 6. The summed E-state index contributed by atoms with van der Waals surface area (Å²) in [6, 6.07) is 0. The smallest absolute Gasteiger partial charge is 0.312 e. The molecule has 2 heteroatoms. The van der Waals surface area contributed by atoms with E-state index in [0.717, 1.165) is 12.8 Å². The van der Waals surface area contributed by atoms with Gasteiger partial charge < -0.3 is 4.74 Å². The molecule has 0 aromatic heterocycles. The van der Waals surface area contributed by atoms with Crippen LogP contribution in [-0.4, -0.2) is 11.6 Å². The number of carbonyl (C=O) groups is 1. The highest BCUT2D eigenvalue weighted by molar-refractivity contribution is 5.78. The summed E-state index contributed by atoms with van der Waals surface area (Å²) in [6.07, 6.45) is 6.84. The van der Waals surface area contributed by atoms with Crippen LogP contribution in [0.25, 0.3) is 0 Å². The molecule has 0 aliphatic heterocycles. The Hall–Kier alpha value is -0.530. The van der Waals surface area contributed by atoms with Crippen LogP contribution in [-0.2, 0) is 9.53 Å². The zero-order valence-electron chi connectivity index (χ0n) is 17.1. The third-order valence-corrected chi connectivity index (χ3v) is 6.59. The van der Waals surface area contributed by atoms with Crippen molar-refractivity contribution in [2.45, 2.75) is 106 Å². The summed E-state index contributed by atoms with van der Waals surface area (Å²) in [5, 5.41) is 0. The Morgan fingerprint density at radius 1 is 0.957 bits per heavy atom. The second-order valence-corrected chi connectivity index (χ2v) is 10.3. The quantitative estimate of drug-likeness (QED) is 0.530. The van der Waals surface area contributed by atoms with Gasteiger partial charge in [-0.2, -0.15) is 0 Å². The molecule has 23 heavy (non-hydrogen) atoms. The molecule has 1 unspecified atom stereocenters. The van der Waals surface area contributed by atoms with Crippen molar-refractivity contribution in [2.24, 2.45) is 22.2 Å². The zero-order chi connectivity index (χ0) is 18.1. The van der Waals surface area contributed by atoms with E-state index in [9.17, 15) is 4.79 Å². The van der Waals surface area contributed by atoms with Crippen molar-refractivity contribution in [1.29, 1.82) is 0 Å². The maximum absolute atomic E-state index is 13.3. The summed E-state index contributed by atoms with van der Waals surface area (Å²) in [5.41, 5.74) is -0.806. The first-order valence-electron chi connectivity index (χ1n) is 9.49. The van der Waals surface area contributed by atoms with Crippen LogP contribution in [0.2, 0.25) is 0 Å². The van der Waals surface area contributed by atoms with Gasteiger partial charge in [0.1, 0.15) is 5.60 Å². The molecular formula is C21H40O2. The van der Waals surface area contributed by atoms with Crippen molar-refractivity contribution in [3.8, 4) is 0 Å². The highest BCUT2D eigenvalue weighted by Crippen LogP contribution is 2.49. The number of hydrogen-bond acceptors (Lipinski definition) is 2. The van der Waals surface area contributed by atoms with E-state index in [1.807, 2.05) is 0 Å². The molecule has 0 aromatic rings. The Morgan fingerprint density at radius 3 is 1.83 bits per heavy atom. The minimum absolute atomic E-state index is 0.0107. The Bertz CT molecular complexity index is 408. The number of esters is 1. The first-order valence-corrected chi connectivity index (χ1v) is 9.49. The highest BCUT2D eigenvalue weighted by atomic mass is 16.6. The molecule has 0 heterocycles. The minimum atomic E-state index is -0.470. The van der Waals surface area contributed by atoms with Crippen LogP contribution in [0.3, 0.4) is 0 Å². The summed E-state index contributed by atoms with van der Waals surface area (Å²) in [7, 11) is 0. The van der Waals surface area contributed by atoms with Gasteiger partial charge in [-0.3, -0.25) is 4.79 Å². The van der Waals surface area contributed by atoms with Crippen LogP contribution >= 0.6 is 0 Å². The van der Waals surface area contributed by atoms with Crippen molar-refractivity contribution in [1.82, 2.24) is 0 Å². The summed E-state index contributed by atoms with van der Waals surface area (Å²) >= 11 is 0. The molecule has 1 fully saturated rings. The normalized spacial score (nSPS) is 20.4. The van der Waals surface area contributed by atoms with Crippen molar-refractivity contribution < 1.29 is 9.53 Å². The zero-order valence-corrected chi connectivity index (χ0v) is 17.1. The molecule has 1 aliphatic carbocycles. The van der Waals surface area contributed by atoms with Crippen LogP contribution in [0, 0.1) is 22.2 Å². The molecule has 0 N–H and O–H groups in total. The predicted octanol–water partition coefficient (Wildman–Crippen LogP) is 6.38. The topological polar surface area (TPSA) is 26.3 Å². The molecule has 0 radical (unpaired) electrons. The van der Waals surface area contributed by atoms with E-state index in [4.69, 9.17) is 4.74 Å². The number of carbonyl (C=O) groups excluding carboxylic acids is 1. The lowest BCUT2D eigenvalue weighted by molar-refractivity contribution is -0.183. The molecule has 0 aromatic carbocycles. The van der Waals surface area contributed by atoms with E-state index < -0.39 is 5.41 Å². The Labute approximate surface area is 144 Å². The lowest BCUT2D eigenvalue weighted by atomic mass is 9.60. The average Bonchev–Trinajstić information content (AvgIpc) is 2.90.